The van der Waals surface area contributed by atoms with Crippen molar-refractivity contribution in [2.24, 2.45) is 5.92 Å². The molecule has 5 heteroatoms. The van der Waals surface area contributed by atoms with E-state index in [2.05, 4.69) is 44.3 Å². The largest absolute Gasteiger partial charge is 0.340 e. The lowest BCUT2D eigenvalue weighted by Crippen LogP contribution is -2.53. The number of nitrogens with one attached hydrogen (secondary N) is 1. The van der Waals surface area contributed by atoms with Gasteiger partial charge in [0.25, 0.3) is 0 Å². The van der Waals surface area contributed by atoms with Gasteiger partial charge in [0.05, 0.1) is 6.20 Å². The van der Waals surface area contributed by atoms with Crippen molar-refractivity contribution in [3.05, 3.63) is 42.2 Å². The monoisotopic (exact) mass is 350 g/mol. The third kappa shape index (κ3) is 2.94. The third-order valence-electron chi connectivity index (χ3n) is 6.50. The molecular formula is C21H26N4O. The molecule has 26 heavy (non-hydrogen) atoms. The predicted molar refractivity (Wildman–Crippen MR) is 101 cm³/mol. The van der Waals surface area contributed by atoms with Crippen LogP contribution in [0.1, 0.15) is 37.2 Å². The smallest absolute Gasteiger partial charge is 0.226 e. The molecule has 1 N–H and O–H groups in total. The van der Waals surface area contributed by atoms with E-state index in [4.69, 9.17) is 0 Å². The van der Waals surface area contributed by atoms with E-state index < -0.39 is 0 Å². The molecule has 1 saturated heterocycles. The molecule has 1 aliphatic heterocycles. The Bertz CT molecular complexity index is 758. The summed E-state index contributed by atoms with van der Waals surface area (Å²) in [5.74, 6) is 0.984. The summed E-state index contributed by atoms with van der Waals surface area (Å²) in [4.78, 5) is 17.6. The summed E-state index contributed by atoms with van der Waals surface area (Å²) in [7, 11) is 0. The van der Waals surface area contributed by atoms with Crippen molar-refractivity contribution in [3.8, 4) is 11.1 Å². The second-order valence-corrected chi connectivity index (χ2v) is 8.00. The van der Waals surface area contributed by atoms with Crippen molar-refractivity contribution in [2.75, 3.05) is 26.2 Å². The molecule has 0 unspecified atom stereocenters. The lowest BCUT2D eigenvalue weighted by molar-refractivity contribution is -0.135. The fraction of sp³-hybridized carbons (Fsp3) is 0.524. The number of benzene rings is 1. The number of rotatable bonds is 4. The summed E-state index contributed by atoms with van der Waals surface area (Å²) in [6, 6.07) is 9.42. The minimum atomic E-state index is 0.199. The first-order chi connectivity index (χ1) is 12.8. The van der Waals surface area contributed by atoms with E-state index in [0.29, 0.717) is 11.8 Å². The maximum absolute atomic E-state index is 12.9. The molecule has 1 aromatic carbocycles. The minimum absolute atomic E-state index is 0.199. The quantitative estimate of drug-likeness (QED) is 0.922. The SMILES string of the molecule is O=C([C@@H]1C[C@H]1c1ccc(-c2cn[nH]c2)cc1)N1CCN(C2CCC2)CC1. The van der Waals surface area contributed by atoms with Gasteiger partial charge in [-0.25, -0.2) is 0 Å². The molecule has 5 nitrogen and oxygen atoms in total. The Balaban J connectivity index is 1.17. The molecule has 2 aromatic rings. The Labute approximate surface area is 154 Å². The van der Waals surface area contributed by atoms with Crippen LogP contribution < -0.4 is 0 Å². The molecule has 1 amide bonds. The fourth-order valence-electron chi connectivity index (χ4n) is 4.46. The number of carbonyl (C=O) groups excluding carboxylic acids is 1. The van der Waals surface area contributed by atoms with Gasteiger partial charge < -0.3 is 4.90 Å². The number of carbonyl (C=O) groups is 1. The standard InChI is InChI=1S/C21H26N4O/c26-21(25-10-8-24(9-11-25)18-2-1-3-18)20-12-19(20)16-6-4-15(5-7-16)17-13-22-23-14-17/h4-7,13-14,18-20H,1-3,8-12H2,(H,22,23)/t19-,20+/m0/s1. The van der Waals surface area contributed by atoms with Crippen molar-refractivity contribution in [2.45, 2.75) is 37.6 Å². The summed E-state index contributed by atoms with van der Waals surface area (Å²) in [6.07, 6.45) is 8.84. The second-order valence-electron chi connectivity index (χ2n) is 8.00. The number of hydrogen-bond acceptors (Lipinski definition) is 3. The van der Waals surface area contributed by atoms with Gasteiger partial charge in [-0.1, -0.05) is 30.7 Å². The van der Waals surface area contributed by atoms with Gasteiger partial charge in [-0.05, 0) is 36.3 Å². The zero-order chi connectivity index (χ0) is 17.5. The van der Waals surface area contributed by atoms with Crippen LogP contribution in [0.15, 0.2) is 36.7 Å². The van der Waals surface area contributed by atoms with Crippen molar-refractivity contribution in [1.29, 1.82) is 0 Å². The number of aromatic amines is 1. The van der Waals surface area contributed by atoms with E-state index in [1.165, 1.54) is 24.8 Å². The Morgan fingerprint density at radius 1 is 1.04 bits per heavy atom. The zero-order valence-electron chi connectivity index (χ0n) is 15.1. The first-order valence-electron chi connectivity index (χ1n) is 9.91. The van der Waals surface area contributed by atoms with E-state index in [1.807, 2.05) is 12.4 Å². The molecule has 0 spiro atoms. The Hall–Kier alpha value is -2.14. The lowest BCUT2D eigenvalue weighted by Gasteiger charge is -2.43. The molecule has 2 aliphatic carbocycles. The van der Waals surface area contributed by atoms with Gasteiger partial charge in [0.2, 0.25) is 5.91 Å². The number of piperazine rings is 1. The molecule has 3 aliphatic rings. The second kappa shape index (κ2) is 6.54. The van der Waals surface area contributed by atoms with Crippen LogP contribution in [0, 0.1) is 5.92 Å². The molecule has 136 valence electrons. The van der Waals surface area contributed by atoms with Gasteiger partial charge in [-0.2, -0.15) is 5.10 Å². The zero-order valence-corrected chi connectivity index (χ0v) is 15.1. The van der Waals surface area contributed by atoms with Crippen LogP contribution in [-0.2, 0) is 4.79 Å². The average Bonchev–Trinajstić information content (AvgIpc) is 3.25. The van der Waals surface area contributed by atoms with E-state index in [0.717, 1.165) is 49.8 Å². The van der Waals surface area contributed by atoms with Crippen molar-refractivity contribution >= 4 is 5.91 Å². The summed E-state index contributed by atoms with van der Waals surface area (Å²) >= 11 is 0. The molecule has 3 fully saturated rings. The Morgan fingerprint density at radius 2 is 1.81 bits per heavy atom. The van der Waals surface area contributed by atoms with E-state index in [9.17, 15) is 4.79 Å². The minimum Gasteiger partial charge on any atom is -0.340 e. The van der Waals surface area contributed by atoms with Gasteiger partial charge in [0.15, 0.2) is 0 Å². The lowest BCUT2D eigenvalue weighted by atomic mass is 9.91. The summed E-state index contributed by atoms with van der Waals surface area (Å²) in [5, 5.41) is 6.85. The number of nitrogens with zero attached hydrogens (tertiary/aromatic N) is 3. The first-order valence-corrected chi connectivity index (χ1v) is 9.91. The molecule has 5 rings (SSSR count). The van der Waals surface area contributed by atoms with Crippen LogP contribution >= 0.6 is 0 Å². The van der Waals surface area contributed by atoms with Crippen LogP contribution in [-0.4, -0.2) is 58.1 Å². The molecule has 0 bridgehead atoms. The van der Waals surface area contributed by atoms with Crippen LogP contribution in [0.3, 0.4) is 0 Å². The molecule has 0 radical (unpaired) electrons. The summed E-state index contributed by atoms with van der Waals surface area (Å²) < 4.78 is 0. The first kappa shape index (κ1) is 16.1. The van der Waals surface area contributed by atoms with Crippen LogP contribution in [0.25, 0.3) is 11.1 Å². The summed E-state index contributed by atoms with van der Waals surface area (Å²) in [6.45, 7) is 3.95. The maximum Gasteiger partial charge on any atom is 0.226 e. The van der Waals surface area contributed by atoms with Crippen molar-refractivity contribution in [3.63, 3.8) is 0 Å². The van der Waals surface area contributed by atoms with Crippen molar-refractivity contribution < 1.29 is 4.79 Å². The highest BCUT2D eigenvalue weighted by atomic mass is 16.2. The Morgan fingerprint density at radius 3 is 2.42 bits per heavy atom. The predicted octanol–water partition coefficient (Wildman–Crippen LogP) is 2.88. The molecule has 2 heterocycles. The van der Waals surface area contributed by atoms with Crippen molar-refractivity contribution in [1.82, 2.24) is 20.0 Å². The van der Waals surface area contributed by atoms with E-state index in [1.54, 1.807) is 0 Å². The highest BCUT2D eigenvalue weighted by molar-refractivity contribution is 5.83. The summed E-state index contributed by atoms with van der Waals surface area (Å²) in [5.41, 5.74) is 3.56. The van der Waals surface area contributed by atoms with Gasteiger partial charge in [0, 0.05) is 49.9 Å². The topological polar surface area (TPSA) is 52.2 Å². The number of H-pyrrole nitrogens is 1. The van der Waals surface area contributed by atoms with Crippen LogP contribution in [0.2, 0.25) is 0 Å². The third-order valence-corrected chi connectivity index (χ3v) is 6.50. The van der Waals surface area contributed by atoms with E-state index in [-0.39, 0.29) is 5.92 Å². The van der Waals surface area contributed by atoms with Gasteiger partial charge in [-0.3, -0.25) is 14.8 Å². The van der Waals surface area contributed by atoms with Crippen LogP contribution in [0.4, 0.5) is 0 Å². The molecule has 2 atom stereocenters. The van der Waals surface area contributed by atoms with E-state index >= 15 is 0 Å². The highest BCUT2D eigenvalue weighted by Gasteiger charge is 2.46. The van der Waals surface area contributed by atoms with Gasteiger partial charge in [-0.15, -0.1) is 0 Å². The maximum atomic E-state index is 12.9. The molecule has 2 saturated carbocycles. The molecular weight excluding hydrogens is 324 g/mol. The Kier molecular flexibility index (Phi) is 4.04. The fourth-order valence-corrected chi connectivity index (χ4v) is 4.46. The number of aromatic nitrogens is 2. The average molecular weight is 350 g/mol. The van der Waals surface area contributed by atoms with Crippen LogP contribution in [0.5, 0.6) is 0 Å². The van der Waals surface area contributed by atoms with Gasteiger partial charge >= 0.3 is 0 Å². The van der Waals surface area contributed by atoms with Gasteiger partial charge in [0.1, 0.15) is 0 Å². The molecule has 1 aromatic heterocycles. The normalized spacial score (nSPS) is 26.5. The highest BCUT2D eigenvalue weighted by Crippen LogP contribution is 2.48. The number of hydrogen-bond donors (Lipinski definition) is 1. The number of amides is 1.